The molecule has 3 unspecified atom stereocenters. The lowest BCUT2D eigenvalue weighted by molar-refractivity contribution is 0.0798. The summed E-state index contributed by atoms with van der Waals surface area (Å²) in [6, 6.07) is 1.54. The summed E-state index contributed by atoms with van der Waals surface area (Å²) < 4.78 is 0. The molecule has 2 heteroatoms. The zero-order valence-electron chi connectivity index (χ0n) is 11.2. The van der Waals surface area contributed by atoms with Crippen molar-refractivity contribution >= 4 is 0 Å². The second kappa shape index (κ2) is 4.66. The third kappa shape index (κ3) is 2.14. The summed E-state index contributed by atoms with van der Waals surface area (Å²) in [6.07, 6.45) is 8.27. The number of hydrogen-bond acceptors (Lipinski definition) is 2. The van der Waals surface area contributed by atoms with E-state index in [0.29, 0.717) is 5.41 Å². The molecule has 0 aromatic heterocycles. The van der Waals surface area contributed by atoms with Crippen LogP contribution >= 0.6 is 0 Å². The summed E-state index contributed by atoms with van der Waals surface area (Å²) in [5, 5.41) is 0. The van der Waals surface area contributed by atoms with Crippen LogP contribution in [0.2, 0.25) is 0 Å². The standard InChI is InChI=1S/C14H28N2/c1-14(2)9-5-8-13(14)16(3)12-7-4-6-11(12)10-15/h11-13H,4-10,15H2,1-3H3. The van der Waals surface area contributed by atoms with Gasteiger partial charge >= 0.3 is 0 Å². The quantitative estimate of drug-likeness (QED) is 0.798. The molecule has 3 atom stereocenters. The van der Waals surface area contributed by atoms with Gasteiger partial charge in [0.25, 0.3) is 0 Å². The van der Waals surface area contributed by atoms with Crippen LogP contribution in [0.3, 0.4) is 0 Å². The smallest absolute Gasteiger partial charge is 0.0146 e. The van der Waals surface area contributed by atoms with E-state index >= 15 is 0 Å². The molecule has 94 valence electrons. The molecule has 2 aliphatic rings. The highest BCUT2D eigenvalue weighted by molar-refractivity contribution is 4.96. The Labute approximate surface area is 101 Å². The Morgan fingerprint density at radius 1 is 1.19 bits per heavy atom. The van der Waals surface area contributed by atoms with E-state index in [1.54, 1.807) is 0 Å². The molecular weight excluding hydrogens is 196 g/mol. The van der Waals surface area contributed by atoms with E-state index in [0.717, 1.165) is 24.5 Å². The van der Waals surface area contributed by atoms with Crippen LogP contribution in [0.25, 0.3) is 0 Å². The normalized spacial score (nSPS) is 38.4. The molecule has 0 radical (unpaired) electrons. The first-order valence-corrected chi connectivity index (χ1v) is 6.98. The first-order valence-electron chi connectivity index (χ1n) is 6.98. The Hall–Kier alpha value is -0.0800. The van der Waals surface area contributed by atoms with Gasteiger partial charge in [0.15, 0.2) is 0 Å². The van der Waals surface area contributed by atoms with Crippen LogP contribution in [0, 0.1) is 11.3 Å². The van der Waals surface area contributed by atoms with E-state index in [1.165, 1.54) is 38.5 Å². The predicted molar refractivity (Wildman–Crippen MR) is 69.4 cm³/mol. The third-order valence-corrected chi connectivity index (χ3v) is 5.14. The molecule has 2 aliphatic carbocycles. The van der Waals surface area contributed by atoms with Crippen LogP contribution in [-0.4, -0.2) is 30.6 Å². The maximum Gasteiger partial charge on any atom is 0.0146 e. The van der Waals surface area contributed by atoms with E-state index in [9.17, 15) is 0 Å². The Bertz CT molecular complexity index is 237. The van der Waals surface area contributed by atoms with E-state index in [-0.39, 0.29) is 0 Å². The highest BCUT2D eigenvalue weighted by Gasteiger charge is 2.41. The summed E-state index contributed by atoms with van der Waals surface area (Å²) in [7, 11) is 2.34. The minimum absolute atomic E-state index is 0.510. The molecule has 0 aliphatic heterocycles. The van der Waals surface area contributed by atoms with E-state index < -0.39 is 0 Å². The van der Waals surface area contributed by atoms with Crippen LogP contribution in [0.5, 0.6) is 0 Å². The number of hydrogen-bond donors (Lipinski definition) is 1. The molecule has 16 heavy (non-hydrogen) atoms. The van der Waals surface area contributed by atoms with Gasteiger partial charge in [-0.2, -0.15) is 0 Å². The predicted octanol–water partition coefficient (Wildman–Crippen LogP) is 2.62. The first kappa shape index (κ1) is 12.4. The molecule has 2 N–H and O–H groups in total. The maximum atomic E-state index is 5.90. The summed E-state index contributed by atoms with van der Waals surface area (Å²) in [4.78, 5) is 2.68. The lowest BCUT2D eigenvalue weighted by atomic mass is 9.85. The lowest BCUT2D eigenvalue weighted by Crippen LogP contribution is -2.47. The van der Waals surface area contributed by atoms with Gasteiger partial charge in [0.1, 0.15) is 0 Å². The third-order valence-electron chi connectivity index (χ3n) is 5.14. The summed E-state index contributed by atoms with van der Waals surface area (Å²) in [6.45, 7) is 5.75. The second-order valence-electron chi connectivity index (χ2n) is 6.56. The molecule has 0 bridgehead atoms. The molecule has 0 amide bonds. The van der Waals surface area contributed by atoms with Crippen molar-refractivity contribution in [1.29, 1.82) is 0 Å². The van der Waals surface area contributed by atoms with E-state index in [2.05, 4.69) is 25.8 Å². The Balaban J connectivity index is 2.03. The van der Waals surface area contributed by atoms with Gasteiger partial charge < -0.3 is 5.73 Å². The zero-order valence-corrected chi connectivity index (χ0v) is 11.2. The van der Waals surface area contributed by atoms with Crippen LogP contribution in [-0.2, 0) is 0 Å². The van der Waals surface area contributed by atoms with Gasteiger partial charge in [-0.25, -0.2) is 0 Å². The van der Waals surface area contributed by atoms with Crippen molar-refractivity contribution < 1.29 is 0 Å². The molecular formula is C14H28N2. The second-order valence-corrected chi connectivity index (χ2v) is 6.56. The molecule has 2 nitrogen and oxygen atoms in total. The van der Waals surface area contributed by atoms with E-state index in [1.807, 2.05) is 0 Å². The Kier molecular flexibility index (Phi) is 3.60. The highest BCUT2D eigenvalue weighted by Crippen LogP contribution is 2.43. The molecule has 0 spiro atoms. The van der Waals surface area contributed by atoms with Crippen LogP contribution in [0.4, 0.5) is 0 Å². The van der Waals surface area contributed by atoms with Crippen molar-refractivity contribution in [3.05, 3.63) is 0 Å². The van der Waals surface area contributed by atoms with Crippen molar-refractivity contribution in [3.8, 4) is 0 Å². The van der Waals surface area contributed by atoms with Crippen LogP contribution in [0.1, 0.15) is 52.4 Å². The molecule has 0 saturated heterocycles. The van der Waals surface area contributed by atoms with Gasteiger partial charge in [-0.05, 0) is 50.6 Å². The summed E-state index contributed by atoms with van der Waals surface area (Å²) in [5.74, 6) is 0.751. The molecule has 0 heterocycles. The lowest BCUT2D eigenvalue weighted by Gasteiger charge is -2.40. The molecule has 2 saturated carbocycles. The zero-order chi connectivity index (χ0) is 11.8. The van der Waals surface area contributed by atoms with Crippen molar-refractivity contribution in [2.24, 2.45) is 17.1 Å². The first-order chi connectivity index (χ1) is 7.56. The van der Waals surface area contributed by atoms with Gasteiger partial charge in [-0.15, -0.1) is 0 Å². The van der Waals surface area contributed by atoms with Gasteiger partial charge in [-0.3, -0.25) is 4.90 Å². The average Bonchev–Trinajstić information content (AvgIpc) is 2.82. The van der Waals surface area contributed by atoms with Crippen LogP contribution in [0.15, 0.2) is 0 Å². The van der Waals surface area contributed by atoms with Gasteiger partial charge in [0, 0.05) is 12.1 Å². The number of nitrogens with two attached hydrogens (primary N) is 1. The fourth-order valence-electron chi connectivity index (χ4n) is 4.12. The Morgan fingerprint density at radius 3 is 2.50 bits per heavy atom. The minimum atomic E-state index is 0.510. The molecule has 2 rings (SSSR count). The van der Waals surface area contributed by atoms with Crippen LogP contribution < -0.4 is 5.73 Å². The van der Waals surface area contributed by atoms with E-state index in [4.69, 9.17) is 5.73 Å². The molecule has 0 aromatic carbocycles. The van der Waals surface area contributed by atoms with Crippen molar-refractivity contribution in [1.82, 2.24) is 4.90 Å². The van der Waals surface area contributed by atoms with Crippen molar-refractivity contribution in [2.75, 3.05) is 13.6 Å². The average molecular weight is 224 g/mol. The van der Waals surface area contributed by atoms with Gasteiger partial charge in [0.2, 0.25) is 0 Å². The maximum absolute atomic E-state index is 5.90. The molecule has 0 aromatic rings. The van der Waals surface area contributed by atoms with Crippen molar-refractivity contribution in [3.63, 3.8) is 0 Å². The minimum Gasteiger partial charge on any atom is -0.330 e. The summed E-state index contributed by atoms with van der Waals surface area (Å²) in [5.41, 5.74) is 6.41. The highest BCUT2D eigenvalue weighted by atomic mass is 15.2. The monoisotopic (exact) mass is 224 g/mol. The fourth-order valence-corrected chi connectivity index (χ4v) is 4.12. The number of rotatable bonds is 3. The van der Waals surface area contributed by atoms with Gasteiger partial charge in [-0.1, -0.05) is 26.7 Å². The SMILES string of the molecule is CN(C1CCCC1CN)C1CCCC1(C)C. The largest absolute Gasteiger partial charge is 0.330 e. The van der Waals surface area contributed by atoms with Crippen molar-refractivity contribution in [2.45, 2.75) is 64.5 Å². The topological polar surface area (TPSA) is 29.3 Å². The Morgan fingerprint density at radius 2 is 1.94 bits per heavy atom. The number of nitrogens with zero attached hydrogens (tertiary/aromatic N) is 1. The fraction of sp³-hybridized carbons (Fsp3) is 1.00. The van der Waals surface area contributed by atoms with Gasteiger partial charge in [0.05, 0.1) is 0 Å². The summed E-state index contributed by atoms with van der Waals surface area (Å²) >= 11 is 0. The molecule has 2 fully saturated rings.